The van der Waals surface area contributed by atoms with Crippen LogP contribution in [0.1, 0.15) is 29.5 Å². The van der Waals surface area contributed by atoms with Crippen LogP contribution in [0.2, 0.25) is 0 Å². The molecular formula is C20H16BrFO3. The van der Waals surface area contributed by atoms with Gasteiger partial charge in [-0.25, -0.2) is 9.18 Å². The van der Waals surface area contributed by atoms with Crippen molar-refractivity contribution >= 4 is 26.9 Å². The van der Waals surface area contributed by atoms with Crippen molar-refractivity contribution in [2.24, 2.45) is 0 Å². The lowest BCUT2D eigenvalue weighted by molar-refractivity contribution is 0.299. The quantitative estimate of drug-likeness (QED) is 0.568. The molecule has 3 nitrogen and oxygen atoms in total. The fraction of sp³-hybridized carbons (Fsp3) is 0.250. The maximum Gasteiger partial charge on any atom is 0.339 e. The van der Waals surface area contributed by atoms with Crippen LogP contribution in [0.25, 0.3) is 11.0 Å². The number of halogens is 2. The Balaban J connectivity index is 1.64. The molecule has 25 heavy (non-hydrogen) atoms. The van der Waals surface area contributed by atoms with Crippen molar-refractivity contribution < 1.29 is 13.5 Å². The summed E-state index contributed by atoms with van der Waals surface area (Å²) in [6, 6.07) is 10.3. The van der Waals surface area contributed by atoms with Crippen LogP contribution in [-0.4, -0.2) is 0 Å². The van der Waals surface area contributed by atoms with Gasteiger partial charge in [0, 0.05) is 27.1 Å². The molecule has 5 heteroatoms. The Morgan fingerprint density at radius 2 is 1.88 bits per heavy atom. The Hall–Kier alpha value is -2.14. The van der Waals surface area contributed by atoms with E-state index in [4.69, 9.17) is 9.15 Å². The summed E-state index contributed by atoms with van der Waals surface area (Å²) in [5, 5.41) is 0.969. The zero-order chi connectivity index (χ0) is 17.4. The van der Waals surface area contributed by atoms with Crippen molar-refractivity contribution in [3.05, 3.63) is 73.8 Å². The van der Waals surface area contributed by atoms with Gasteiger partial charge in [-0.05, 0) is 55.5 Å². The molecule has 4 rings (SSSR count). The Kier molecular flexibility index (Phi) is 4.34. The summed E-state index contributed by atoms with van der Waals surface area (Å²) in [5.74, 6) is 0.226. The number of benzene rings is 2. The van der Waals surface area contributed by atoms with Crippen molar-refractivity contribution in [3.63, 3.8) is 0 Å². The zero-order valence-electron chi connectivity index (χ0n) is 13.5. The molecule has 0 N–H and O–H groups in total. The van der Waals surface area contributed by atoms with Crippen LogP contribution in [0, 0.1) is 5.82 Å². The molecule has 1 aliphatic carbocycles. The van der Waals surface area contributed by atoms with E-state index in [1.165, 1.54) is 6.07 Å². The summed E-state index contributed by atoms with van der Waals surface area (Å²) in [6.45, 7) is 0.111. The molecular weight excluding hydrogens is 387 g/mol. The van der Waals surface area contributed by atoms with Gasteiger partial charge in [-0.3, -0.25) is 0 Å². The van der Waals surface area contributed by atoms with Crippen molar-refractivity contribution in [3.8, 4) is 5.75 Å². The molecule has 0 saturated carbocycles. The second-order valence-corrected chi connectivity index (χ2v) is 7.15. The number of aryl methyl sites for hydroxylation is 1. The number of hydrogen-bond acceptors (Lipinski definition) is 3. The number of rotatable bonds is 3. The molecule has 0 saturated heterocycles. The highest BCUT2D eigenvalue weighted by atomic mass is 79.9. The van der Waals surface area contributed by atoms with Crippen LogP contribution in [-0.2, 0) is 19.4 Å². The molecule has 0 fully saturated rings. The zero-order valence-corrected chi connectivity index (χ0v) is 15.1. The van der Waals surface area contributed by atoms with Gasteiger partial charge in [0.2, 0.25) is 0 Å². The normalized spacial score (nSPS) is 13.7. The Morgan fingerprint density at radius 1 is 1.08 bits per heavy atom. The Bertz CT molecular complexity index is 1010. The van der Waals surface area contributed by atoms with Gasteiger partial charge in [0.05, 0.1) is 0 Å². The van der Waals surface area contributed by atoms with E-state index in [-0.39, 0.29) is 18.0 Å². The smallest absolute Gasteiger partial charge is 0.339 e. The first kappa shape index (κ1) is 16.3. The van der Waals surface area contributed by atoms with E-state index in [9.17, 15) is 9.18 Å². The summed E-state index contributed by atoms with van der Waals surface area (Å²) in [6.07, 6.45) is 3.81. The molecule has 1 heterocycles. The fourth-order valence-corrected chi connectivity index (χ4v) is 3.65. The predicted octanol–water partition coefficient (Wildman–Crippen LogP) is 5.15. The molecule has 1 aliphatic rings. The molecule has 2 aromatic carbocycles. The molecule has 0 atom stereocenters. The van der Waals surface area contributed by atoms with Gasteiger partial charge in [-0.2, -0.15) is 0 Å². The first-order chi connectivity index (χ1) is 12.1. The third kappa shape index (κ3) is 3.21. The van der Waals surface area contributed by atoms with Crippen molar-refractivity contribution in [2.75, 3.05) is 0 Å². The van der Waals surface area contributed by atoms with Crippen LogP contribution < -0.4 is 10.4 Å². The fourth-order valence-electron chi connectivity index (χ4n) is 3.32. The third-order valence-corrected chi connectivity index (χ3v) is 5.10. The largest absolute Gasteiger partial charge is 0.489 e. The summed E-state index contributed by atoms with van der Waals surface area (Å²) < 4.78 is 25.7. The highest BCUT2D eigenvalue weighted by molar-refractivity contribution is 9.10. The van der Waals surface area contributed by atoms with E-state index in [2.05, 4.69) is 15.9 Å². The molecule has 128 valence electrons. The standard InChI is InChI=1S/C20H16BrFO3/c21-13-6-5-12(18(22)9-13)11-24-14-7-8-16-15-3-1-2-4-17(15)20(23)25-19(16)10-14/h5-10H,1-4,11H2. The number of ether oxygens (including phenoxy) is 1. The molecule has 1 aromatic heterocycles. The summed E-state index contributed by atoms with van der Waals surface area (Å²) in [4.78, 5) is 12.2. The maximum atomic E-state index is 13.9. The van der Waals surface area contributed by atoms with Crippen LogP contribution in [0.5, 0.6) is 5.75 Å². The minimum Gasteiger partial charge on any atom is -0.489 e. The molecule has 0 spiro atoms. The first-order valence-electron chi connectivity index (χ1n) is 8.27. The van der Waals surface area contributed by atoms with Crippen molar-refractivity contribution in [1.82, 2.24) is 0 Å². The van der Waals surface area contributed by atoms with E-state index in [1.54, 1.807) is 18.2 Å². The summed E-state index contributed by atoms with van der Waals surface area (Å²) in [5.41, 5.74) is 2.65. The topological polar surface area (TPSA) is 39.4 Å². The minimum atomic E-state index is -0.323. The van der Waals surface area contributed by atoms with Crippen molar-refractivity contribution in [1.29, 1.82) is 0 Å². The van der Waals surface area contributed by atoms with Gasteiger partial charge in [0.25, 0.3) is 0 Å². The second kappa shape index (κ2) is 6.64. The van der Waals surface area contributed by atoms with E-state index < -0.39 is 0 Å². The highest BCUT2D eigenvalue weighted by Crippen LogP contribution is 2.29. The molecule has 0 aliphatic heterocycles. The average Bonchev–Trinajstić information content (AvgIpc) is 2.61. The first-order valence-corrected chi connectivity index (χ1v) is 9.06. The van der Waals surface area contributed by atoms with Crippen LogP contribution in [0.4, 0.5) is 4.39 Å². The summed E-state index contributed by atoms with van der Waals surface area (Å²) in [7, 11) is 0. The van der Waals surface area contributed by atoms with Crippen molar-refractivity contribution in [2.45, 2.75) is 32.3 Å². The lowest BCUT2D eigenvalue weighted by Crippen LogP contribution is -2.15. The lowest BCUT2D eigenvalue weighted by atomic mass is 9.91. The predicted molar refractivity (Wildman–Crippen MR) is 97.6 cm³/mol. The number of hydrogen-bond donors (Lipinski definition) is 0. The highest BCUT2D eigenvalue weighted by Gasteiger charge is 2.18. The van der Waals surface area contributed by atoms with E-state index in [1.807, 2.05) is 12.1 Å². The maximum absolute atomic E-state index is 13.9. The monoisotopic (exact) mass is 402 g/mol. The van der Waals surface area contributed by atoms with Gasteiger partial charge in [-0.15, -0.1) is 0 Å². The second-order valence-electron chi connectivity index (χ2n) is 6.24. The van der Waals surface area contributed by atoms with Crippen LogP contribution >= 0.6 is 15.9 Å². The van der Waals surface area contributed by atoms with Gasteiger partial charge in [0.15, 0.2) is 0 Å². The SMILES string of the molecule is O=c1oc2cc(OCc3ccc(Br)cc3F)ccc2c2c1CCCC2. The third-order valence-electron chi connectivity index (χ3n) is 4.60. The number of fused-ring (bicyclic) bond motifs is 3. The van der Waals surface area contributed by atoms with E-state index in [0.717, 1.165) is 42.2 Å². The molecule has 0 radical (unpaired) electrons. The minimum absolute atomic E-state index is 0.111. The van der Waals surface area contributed by atoms with E-state index in [0.29, 0.717) is 21.4 Å². The van der Waals surface area contributed by atoms with Gasteiger partial charge in [0.1, 0.15) is 23.8 Å². The lowest BCUT2D eigenvalue weighted by Gasteiger charge is -2.16. The molecule has 0 bridgehead atoms. The summed E-state index contributed by atoms with van der Waals surface area (Å²) >= 11 is 3.23. The van der Waals surface area contributed by atoms with Gasteiger partial charge < -0.3 is 9.15 Å². The van der Waals surface area contributed by atoms with Crippen LogP contribution in [0.3, 0.4) is 0 Å². The van der Waals surface area contributed by atoms with Gasteiger partial charge >= 0.3 is 5.63 Å². The Morgan fingerprint density at radius 3 is 2.68 bits per heavy atom. The Labute approximate surface area is 152 Å². The van der Waals surface area contributed by atoms with E-state index >= 15 is 0 Å². The molecule has 0 unspecified atom stereocenters. The van der Waals surface area contributed by atoms with Gasteiger partial charge in [-0.1, -0.05) is 22.0 Å². The van der Waals surface area contributed by atoms with Crippen LogP contribution in [0.15, 0.2) is 50.1 Å². The molecule has 3 aromatic rings. The molecule has 0 amide bonds. The average molecular weight is 403 g/mol.